The molecule has 1 heterocycles. The van der Waals surface area contributed by atoms with Crippen molar-refractivity contribution in [2.75, 3.05) is 6.61 Å². The van der Waals surface area contributed by atoms with Crippen LogP contribution in [0.3, 0.4) is 0 Å². The normalized spacial score (nSPS) is 25.6. The Morgan fingerprint density at radius 1 is 1.50 bits per heavy atom. The Balaban J connectivity index is 2.11. The fraction of sp³-hybridized carbons (Fsp3) is 0.417. The zero-order chi connectivity index (χ0) is 13.3. The molecule has 2 rings (SSSR count). The molecule has 0 radical (unpaired) electrons. The molecule has 2 atom stereocenters. The van der Waals surface area contributed by atoms with E-state index in [2.05, 4.69) is 0 Å². The molecule has 1 aromatic carbocycles. The molecule has 18 heavy (non-hydrogen) atoms. The highest BCUT2D eigenvalue weighted by Crippen LogP contribution is 2.50. The van der Waals surface area contributed by atoms with Crippen LogP contribution in [0.25, 0.3) is 0 Å². The van der Waals surface area contributed by atoms with Crippen molar-refractivity contribution in [1.29, 1.82) is 0 Å². The maximum atomic E-state index is 11.6. The summed E-state index contributed by atoms with van der Waals surface area (Å²) in [5.41, 5.74) is -0.222. The summed E-state index contributed by atoms with van der Waals surface area (Å²) in [6.07, 6.45) is -0.391. The lowest BCUT2D eigenvalue weighted by atomic mass is 10.0. The van der Waals surface area contributed by atoms with Gasteiger partial charge < -0.3 is 9.47 Å². The minimum absolute atomic E-state index is 0.0113. The number of esters is 1. The van der Waals surface area contributed by atoms with Crippen LogP contribution in [0.4, 0.5) is 5.69 Å². The molecule has 6 heteroatoms. The van der Waals surface area contributed by atoms with Gasteiger partial charge in [0, 0.05) is 12.1 Å². The van der Waals surface area contributed by atoms with Crippen molar-refractivity contribution in [2.24, 2.45) is 0 Å². The topological polar surface area (TPSA) is 82.0 Å². The highest BCUT2D eigenvalue weighted by molar-refractivity contribution is 5.83. The van der Waals surface area contributed by atoms with Gasteiger partial charge in [-0.2, -0.15) is 0 Å². The Morgan fingerprint density at radius 2 is 2.11 bits per heavy atom. The number of non-ortho nitro benzene ring substituents is 1. The summed E-state index contributed by atoms with van der Waals surface area (Å²) in [7, 11) is 0. The first kappa shape index (κ1) is 12.5. The van der Waals surface area contributed by atoms with Crippen LogP contribution in [-0.4, -0.2) is 23.1 Å². The van der Waals surface area contributed by atoms with E-state index in [9.17, 15) is 14.9 Å². The van der Waals surface area contributed by atoms with E-state index in [-0.39, 0.29) is 5.69 Å². The third kappa shape index (κ3) is 2.06. The van der Waals surface area contributed by atoms with Gasteiger partial charge in [0.1, 0.15) is 6.10 Å². The molecule has 0 aliphatic carbocycles. The van der Waals surface area contributed by atoms with E-state index in [1.54, 1.807) is 26.0 Å². The molecular weight excluding hydrogens is 238 g/mol. The van der Waals surface area contributed by atoms with E-state index in [1.165, 1.54) is 12.1 Å². The predicted octanol–water partition coefficient (Wildman–Crippen LogP) is 1.99. The second-order valence-corrected chi connectivity index (χ2v) is 4.17. The van der Waals surface area contributed by atoms with Crippen molar-refractivity contribution in [2.45, 2.75) is 25.6 Å². The number of nitro groups is 1. The second-order valence-electron chi connectivity index (χ2n) is 4.17. The molecule has 0 aromatic heterocycles. The Hall–Kier alpha value is -1.95. The van der Waals surface area contributed by atoms with Crippen molar-refractivity contribution >= 4 is 11.7 Å². The molecule has 0 bridgehead atoms. The molecule has 0 saturated carbocycles. The standard InChI is InChI=1S/C12H13NO5/c1-3-17-11(14)12(2)10(18-12)8-4-6-9(7-5-8)13(15)16/h4-7,10H,3H2,1-2H3/t10-,12+/m1/s1. The van der Waals surface area contributed by atoms with E-state index < -0.39 is 22.6 Å². The molecular formula is C12H13NO5. The largest absolute Gasteiger partial charge is 0.464 e. The minimum atomic E-state index is -0.966. The fourth-order valence-corrected chi connectivity index (χ4v) is 1.80. The van der Waals surface area contributed by atoms with Crippen molar-refractivity contribution < 1.29 is 19.2 Å². The molecule has 1 fully saturated rings. The SMILES string of the molecule is CCOC(=O)[C@@]1(C)O[C@@H]1c1ccc([N+](=O)[O-])cc1. The van der Waals surface area contributed by atoms with Crippen LogP contribution in [0.15, 0.2) is 24.3 Å². The van der Waals surface area contributed by atoms with Gasteiger partial charge in [-0.05, 0) is 31.5 Å². The average Bonchev–Trinajstić information content (AvgIpc) is 3.04. The van der Waals surface area contributed by atoms with Crippen LogP contribution in [0.1, 0.15) is 25.5 Å². The van der Waals surface area contributed by atoms with Crippen LogP contribution < -0.4 is 0 Å². The van der Waals surface area contributed by atoms with Gasteiger partial charge in [0.25, 0.3) is 5.69 Å². The van der Waals surface area contributed by atoms with Crippen LogP contribution >= 0.6 is 0 Å². The lowest BCUT2D eigenvalue weighted by molar-refractivity contribution is -0.384. The quantitative estimate of drug-likeness (QED) is 0.353. The van der Waals surface area contributed by atoms with Crippen LogP contribution in [0.5, 0.6) is 0 Å². The van der Waals surface area contributed by atoms with E-state index >= 15 is 0 Å². The zero-order valence-corrected chi connectivity index (χ0v) is 10.1. The van der Waals surface area contributed by atoms with Crippen LogP contribution in [-0.2, 0) is 14.3 Å². The zero-order valence-electron chi connectivity index (χ0n) is 10.1. The van der Waals surface area contributed by atoms with Gasteiger partial charge in [0.05, 0.1) is 11.5 Å². The summed E-state index contributed by atoms with van der Waals surface area (Å²) in [6, 6.07) is 5.96. The number of rotatable bonds is 4. The molecule has 1 aromatic rings. The minimum Gasteiger partial charge on any atom is -0.464 e. The molecule has 0 unspecified atom stereocenters. The van der Waals surface area contributed by atoms with Gasteiger partial charge in [-0.1, -0.05) is 0 Å². The van der Waals surface area contributed by atoms with E-state index in [0.29, 0.717) is 6.61 Å². The molecule has 96 valence electrons. The van der Waals surface area contributed by atoms with Gasteiger partial charge in [-0.15, -0.1) is 0 Å². The summed E-state index contributed by atoms with van der Waals surface area (Å²) in [6.45, 7) is 3.67. The van der Waals surface area contributed by atoms with E-state index in [0.717, 1.165) is 5.56 Å². The molecule has 0 spiro atoms. The molecule has 1 aliphatic rings. The second kappa shape index (κ2) is 4.38. The third-order valence-corrected chi connectivity index (χ3v) is 2.89. The number of ether oxygens (including phenoxy) is 2. The Bertz CT molecular complexity index is 484. The van der Waals surface area contributed by atoms with Crippen LogP contribution in [0.2, 0.25) is 0 Å². The molecule has 1 saturated heterocycles. The number of epoxide rings is 1. The Labute approximate surface area is 104 Å². The maximum absolute atomic E-state index is 11.6. The summed E-state index contributed by atoms with van der Waals surface area (Å²) in [5, 5.41) is 10.5. The fourth-order valence-electron chi connectivity index (χ4n) is 1.80. The van der Waals surface area contributed by atoms with Gasteiger partial charge in [-0.25, -0.2) is 4.79 Å². The first-order chi connectivity index (χ1) is 8.49. The maximum Gasteiger partial charge on any atom is 0.341 e. The first-order valence-corrected chi connectivity index (χ1v) is 5.58. The van der Waals surface area contributed by atoms with Crippen molar-refractivity contribution in [3.05, 3.63) is 39.9 Å². The summed E-state index contributed by atoms with van der Waals surface area (Å²) >= 11 is 0. The molecule has 6 nitrogen and oxygen atoms in total. The average molecular weight is 251 g/mol. The van der Waals surface area contributed by atoms with E-state index in [4.69, 9.17) is 9.47 Å². The smallest absolute Gasteiger partial charge is 0.341 e. The number of carbonyl (C=O) groups excluding carboxylic acids is 1. The number of hydrogen-bond donors (Lipinski definition) is 0. The Morgan fingerprint density at radius 3 is 2.61 bits per heavy atom. The first-order valence-electron chi connectivity index (χ1n) is 5.58. The van der Waals surface area contributed by atoms with Gasteiger partial charge in [0.2, 0.25) is 0 Å². The van der Waals surface area contributed by atoms with Crippen molar-refractivity contribution in [3.8, 4) is 0 Å². The number of benzene rings is 1. The summed E-state index contributed by atoms with van der Waals surface area (Å²) in [4.78, 5) is 21.7. The highest BCUT2D eigenvalue weighted by Gasteiger charge is 2.60. The summed E-state index contributed by atoms with van der Waals surface area (Å²) in [5.74, 6) is -0.409. The predicted molar refractivity (Wildman–Crippen MR) is 62.0 cm³/mol. The molecule has 0 N–H and O–H groups in total. The number of nitrogens with zero attached hydrogens (tertiary/aromatic N) is 1. The van der Waals surface area contributed by atoms with Gasteiger partial charge in [0.15, 0.2) is 5.60 Å². The number of carbonyl (C=O) groups is 1. The highest BCUT2D eigenvalue weighted by atomic mass is 16.7. The Kier molecular flexibility index (Phi) is 3.04. The van der Waals surface area contributed by atoms with Gasteiger partial charge >= 0.3 is 5.97 Å². The van der Waals surface area contributed by atoms with Gasteiger partial charge in [-0.3, -0.25) is 10.1 Å². The number of nitro benzene ring substituents is 1. The number of hydrogen-bond acceptors (Lipinski definition) is 5. The van der Waals surface area contributed by atoms with E-state index in [1.807, 2.05) is 0 Å². The third-order valence-electron chi connectivity index (χ3n) is 2.89. The monoisotopic (exact) mass is 251 g/mol. The lowest BCUT2D eigenvalue weighted by Crippen LogP contribution is -2.24. The van der Waals surface area contributed by atoms with Crippen molar-refractivity contribution in [3.63, 3.8) is 0 Å². The molecule has 0 amide bonds. The lowest BCUT2D eigenvalue weighted by Gasteiger charge is -2.05. The molecule has 1 aliphatic heterocycles. The van der Waals surface area contributed by atoms with Crippen molar-refractivity contribution in [1.82, 2.24) is 0 Å². The van der Waals surface area contributed by atoms with Crippen LogP contribution in [0, 0.1) is 10.1 Å². The summed E-state index contributed by atoms with van der Waals surface area (Å²) < 4.78 is 10.3.